The number of hydrogen-bond donors (Lipinski definition) is 2. The molecule has 2 rings (SSSR count). The van der Waals surface area contributed by atoms with E-state index in [9.17, 15) is 9.59 Å². The van der Waals surface area contributed by atoms with Crippen molar-refractivity contribution in [3.05, 3.63) is 40.2 Å². The summed E-state index contributed by atoms with van der Waals surface area (Å²) in [4.78, 5) is 23.3. The summed E-state index contributed by atoms with van der Waals surface area (Å²) >= 11 is 0. The van der Waals surface area contributed by atoms with Gasteiger partial charge in [0.15, 0.2) is 5.43 Å². The van der Waals surface area contributed by atoms with E-state index in [1.807, 2.05) is 5.48 Å². The van der Waals surface area contributed by atoms with Crippen molar-refractivity contribution < 1.29 is 19.2 Å². The van der Waals surface area contributed by atoms with Crippen molar-refractivity contribution in [3.8, 4) is 0 Å². The second-order valence-corrected chi connectivity index (χ2v) is 3.52. The molecule has 0 fully saturated rings. The van der Waals surface area contributed by atoms with E-state index in [-0.39, 0.29) is 28.8 Å². The van der Waals surface area contributed by atoms with Gasteiger partial charge in [-0.15, -0.1) is 0 Å². The van der Waals surface area contributed by atoms with Crippen molar-refractivity contribution in [2.75, 3.05) is 12.1 Å². The molecule has 0 atom stereocenters. The fourth-order valence-corrected chi connectivity index (χ4v) is 1.53. The highest BCUT2D eigenvalue weighted by atomic mass is 16.5. The molecule has 0 amide bonds. The molecule has 1 aromatic heterocycles. The average Bonchev–Trinajstić information content (AvgIpc) is 2.38. The van der Waals surface area contributed by atoms with Crippen LogP contribution in [0.5, 0.6) is 0 Å². The maximum atomic E-state index is 11.8. The van der Waals surface area contributed by atoms with Crippen LogP contribution < -0.4 is 10.9 Å². The highest BCUT2D eigenvalue weighted by molar-refractivity contribution is 5.89. The molecule has 0 aliphatic carbocycles. The van der Waals surface area contributed by atoms with Gasteiger partial charge in [-0.3, -0.25) is 15.5 Å². The Morgan fingerprint density at radius 2 is 2.22 bits per heavy atom. The van der Waals surface area contributed by atoms with Gasteiger partial charge in [-0.25, -0.2) is 4.79 Å². The van der Waals surface area contributed by atoms with Crippen molar-refractivity contribution in [1.29, 1.82) is 0 Å². The summed E-state index contributed by atoms with van der Waals surface area (Å²) in [6.45, 7) is 1.87. The highest BCUT2D eigenvalue weighted by Gasteiger charge is 2.13. The minimum absolute atomic E-state index is 0.140. The Labute approximate surface area is 102 Å². The Morgan fingerprint density at radius 1 is 1.44 bits per heavy atom. The van der Waals surface area contributed by atoms with Crippen LogP contribution in [0.2, 0.25) is 0 Å². The Kier molecular flexibility index (Phi) is 3.29. The number of anilines is 1. The van der Waals surface area contributed by atoms with Gasteiger partial charge in [0.05, 0.1) is 17.7 Å². The summed E-state index contributed by atoms with van der Waals surface area (Å²) in [6, 6.07) is 5.50. The number of ether oxygens (including phenoxy) is 1. The first-order chi connectivity index (χ1) is 8.65. The van der Waals surface area contributed by atoms with E-state index < -0.39 is 5.97 Å². The van der Waals surface area contributed by atoms with Gasteiger partial charge in [0.2, 0.25) is 5.76 Å². The molecule has 0 unspecified atom stereocenters. The molecule has 0 saturated heterocycles. The van der Waals surface area contributed by atoms with Crippen LogP contribution in [0.15, 0.2) is 33.5 Å². The number of rotatable bonds is 3. The number of esters is 1. The van der Waals surface area contributed by atoms with Crippen LogP contribution in [0.1, 0.15) is 17.5 Å². The van der Waals surface area contributed by atoms with Crippen LogP contribution in [0.25, 0.3) is 11.0 Å². The van der Waals surface area contributed by atoms with E-state index >= 15 is 0 Å². The van der Waals surface area contributed by atoms with Gasteiger partial charge in [0.25, 0.3) is 0 Å². The van der Waals surface area contributed by atoms with E-state index in [0.29, 0.717) is 5.69 Å². The molecule has 2 N–H and O–H groups in total. The Balaban J connectivity index is 2.57. The number of hydrogen-bond acceptors (Lipinski definition) is 6. The normalized spacial score (nSPS) is 10.3. The largest absolute Gasteiger partial charge is 0.460 e. The van der Waals surface area contributed by atoms with Crippen LogP contribution in [-0.4, -0.2) is 17.8 Å². The lowest BCUT2D eigenvalue weighted by atomic mass is 10.2. The van der Waals surface area contributed by atoms with E-state index in [4.69, 9.17) is 14.4 Å². The number of nitrogens with one attached hydrogen (secondary N) is 1. The molecule has 0 aliphatic heterocycles. The molecule has 0 radical (unpaired) electrons. The number of fused-ring (bicyclic) bond motifs is 1. The molecule has 0 saturated carbocycles. The van der Waals surface area contributed by atoms with E-state index in [0.717, 1.165) is 6.07 Å². The summed E-state index contributed by atoms with van der Waals surface area (Å²) in [5.74, 6) is -0.820. The van der Waals surface area contributed by atoms with Crippen LogP contribution in [0, 0.1) is 0 Å². The molecule has 1 heterocycles. The van der Waals surface area contributed by atoms with E-state index in [1.54, 1.807) is 6.92 Å². The number of carbonyl (C=O) groups is 1. The second kappa shape index (κ2) is 4.89. The molecule has 1 aromatic carbocycles. The molecule has 0 bridgehead atoms. The summed E-state index contributed by atoms with van der Waals surface area (Å²) in [7, 11) is 0. The van der Waals surface area contributed by atoms with Crippen molar-refractivity contribution in [2.45, 2.75) is 6.92 Å². The van der Waals surface area contributed by atoms with Crippen molar-refractivity contribution in [2.24, 2.45) is 0 Å². The minimum atomic E-state index is -0.680. The lowest BCUT2D eigenvalue weighted by Crippen LogP contribution is -2.10. The fourth-order valence-electron chi connectivity index (χ4n) is 1.53. The average molecular weight is 249 g/mol. The fraction of sp³-hybridized carbons (Fsp3) is 0.167. The molecule has 6 nitrogen and oxygen atoms in total. The first-order valence-corrected chi connectivity index (χ1v) is 5.31. The lowest BCUT2D eigenvalue weighted by Gasteiger charge is -2.04. The molecular formula is C12H11NO5. The summed E-state index contributed by atoms with van der Waals surface area (Å²) in [5.41, 5.74) is 2.17. The number of benzene rings is 1. The Bertz CT molecular complexity index is 646. The molecule has 6 heteroatoms. The predicted octanol–water partition coefficient (Wildman–Crippen LogP) is 1.77. The predicted molar refractivity (Wildman–Crippen MR) is 63.8 cm³/mol. The van der Waals surface area contributed by atoms with Gasteiger partial charge in [-0.2, -0.15) is 0 Å². The van der Waals surface area contributed by atoms with Crippen LogP contribution in [0.4, 0.5) is 5.69 Å². The standard InChI is InChI=1S/C12H11NO5/c1-2-17-12(15)11-6-9(14)8-5-7(13-16)3-4-10(8)18-11/h3-6,13,16H,2H2,1H3. The smallest absolute Gasteiger partial charge is 0.374 e. The zero-order chi connectivity index (χ0) is 13.1. The van der Waals surface area contributed by atoms with Crippen molar-refractivity contribution in [3.63, 3.8) is 0 Å². The Hall–Kier alpha value is -2.34. The highest BCUT2D eigenvalue weighted by Crippen LogP contribution is 2.17. The third kappa shape index (κ3) is 2.18. The van der Waals surface area contributed by atoms with Gasteiger partial charge in [0.1, 0.15) is 5.58 Å². The zero-order valence-electron chi connectivity index (χ0n) is 9.60. The van der Waals surface area contributed by atoms with Gasteiger partial charge in [-0.1, -0.05) is 0 Å². The van der Waals surface area contributed by atoms with Gasteiger partial charge in [0, 0.05) is 6.07 Å². The topological polar surface area (TPSA) is 88.8 Å². The third-order valence-corrected chi connectivity index (χ3v) is 2.33. The molecule has 0 aliphatic rings. The molecule has 18 heavy (non-hydrogen) atoms. The minimum Gasteiger partial charge on any atom is -0.460 e. The quantitative estimate of drug-likeness (QED) is 0.636. The first kappa shape index (κ1) is 12.1. The van der Waals surface area contributed by atoms with E-state index in [1.165, 1.54) is 18.2 Å². The van der Waals surface area contributed by atoms with E-state index in [2.05, 4.69) is 0 Å². The maximum Gasteiger partial charge on any atom is 0.374 e. The third-order valence-electron chi connectivity index (χ3n) is 2.33. The van der Waals surface area contributed by atoms with Gasteiger partial charge >= 0.3 is 5.97 Å². The summed E-state index contributed by atoms with van der Waals surface area (Å²) < 4.78 is 10.0. The van der Waals surface area contributed by atoms with Gasteiger partial charge < -0.3 is 9.15 Å². The maximum absolute atomic E-state index is 11.8. The van der Waals surface area contributed by atoms with Crippen LogP contribution >= 0.6 is 0 Å². The molecule has 0 spiro atoms. The summed E-state index contributed by atoms with van der Waals surface area (Å²) in [6.07, 6.45) is 0. The Morgan fingerprint density at radius 3 is 2.89 bits per heavy atom. The van der Waals surface area contributed by atoms with Crippen molar-refractivity contribution >= 4 is 22.6 Å². The van der Waals surface area contributed by atoms with Gasteiger partial charge in [-0.05, 0) is 25.1 Å². The molecule has 2 aromatic rings. The molecular weight excluding hydrogens is 238 g/mol. The monoisotopic (exact) mass is 249 g/mol. The summed E-state index contributed by atoms with van der Waals surface area (Å²) in [5, 5.41) is 9.01. The second-order valence-electron chi connectivity index (χ2n) is 3.52. The van der Waals surface area contributed by atoms with Crippen molar-refractivity contribution in [1.82, 2.24) is 0 Å². The number of carbonyl (C=O) groups excluding carboxylic acids is 1. The van der Waals surface area contributed by atoms with Crippen LogP contribution in [0.3, 0.4) is 0 Å². The first-order valence-electron chi connectivity index (χ1n) is 5.31. The SMILES string of the molecule is CCOC(=O)c1cc(=O)c2cc(NO)ccc2o1. The molecule has 94 valence electrons. The van der Waals surface area contributed by atoms with Crippen LogP contribution in [-0.2, 0) is 4.74 Å². The zero-order valence-corrected chi connectivity index (χ0v) is 9.60. The lowest BCUT2D eigenvalue weighted by molar-refractivity contribution is 0.0490.